The molecule has 9 heteroatoms. The highest BCUT2D eigenvalue weighted by Crippen LogP contribution is 2.36. The number of alkyl halides is 3. The molecule has 2 heterocycles. The first-order chi connectivity index (χ1) is 13.3. The van der Waals surface area contributed by atoms with Crippen LogP contribution in [0.3, 0.4) is 0 Å². The van der Waals surface area contributed by atoms with E-state index >= 15 is 0 Å². The Balaban J connectivity index is 1.73. The van der Waals surface area contributed by atoms with Crippen molar-refractivity contribution >= 4 is 22.2 Å². The van der Waals surface area contributed by atoms with Crippen LogP contribution >= 0.6 is 11.3 Å². The summed E-state index contributed by atoms with van der Waals surface area (Å²) in [5.74, 6) is -1.18. The number of hydrogen-bond acceptors (Lipinski definition) is 5. The highest BCUT2D eigenvalue weighted by molar-refractivity contribution is 7.16. The molecule has 0 spiro atoms. The van der Waals surface area contributed by atoms with Crippen molar-refractivity contribution in [1.29, 1.82) is 5.26 Å². The van der Waals surface area contributed by atoms with Crippen LogP contribution in [-0.2, 0) is 17.8 Å². The fourth-order valence-corrected chi connectivity index (χ4v) is 4.40. The van der Waals surface area contributed by atoms with E-state index in [9.17, 15) is 23.2 Å². The second kappa shape index (κ2) is 8.20. The highest BCUT2D eigenvalue weighted by atomic mass is 32.1. The number of hydrogen-bond donors (Lipinski definition) is 2. The van der Waals surface area contributed by atoms with Gasteiger partial charge in [-0.3, -0.25) is 4.79 Å². The molecule has 0 unspecified atom stereocenters. The third-order valence-electron chi connectivity index (χ3n) is 4.46. The van der Waals surface area contributed by atoms with Crippen LogP contribution in [0.1, 0.15) is 40.8 Å². The number of nitrogens with zero attached hydrogens (tertiary/aromatic N) is 1. The van der Waals surface area contributed by atoms with Crippen LogP contribution in [0.4, 0.5) is 18.2 Å². The summed E-state index contributed by atoms with van der Waals surface area (Å²) >= 11 is 1.36. The zero-order valence-corrected chi connectivity index (χ0v) is 15.8. The van der Waals surface area contributed by atoms with E-state index in [1.807, 2.05) is 0 Å². The van der Waals surface area contributed by atoms with Crippen molar-refractivity contribution in [1.82, 2.24) is 5.32 Å². The largest absolute Gasteiger partial charge is 0.573 e. The molecule has 2 N–H and O–H groups in total. The lowest BCUT2D eigenvalue weighted by Crippen LogP contribution is -2.22. The third kappa shape index (κ3) is 4.64. The zero-order chi connectivity index (χ0) is 20.3. The number of rotatable bonds is 5. The van der Waals surface area contributed by atoms with Crippen molar-refractivity contribution in [2.75, 3.05) is 11.9 Å². The fraction of sp³-hybridized carbons (Fsp3) is 0.368. The molecule has 28 heavy (non-hydrogen) atoms. The molecule has 148 valence electrons. The van der Waals surface area contributed by atoms with Gasteiger partial charge in [-0.15, -0.1) is 24.5 Å². The van der Waals surface area contributed by atoms with Gasteiger partial charge in [-0.25, -0.2) is 0 Å². The summed E-state index contributed by atoms with van der Waals surface area (Å²) in [6.45, 7) is 3.09. The lowest BCUT2D eigenvalue weighted by molar-refractivity contribution is -0.274. The maximum Gasteiger partial charge on any atom is 0.573 e. The number of nitriles is 1. The minimum absolute atomic E-state index is 0.0378. The van der Waals surface area contributed by atoms with Gasteiger partial charge in [0.25, 0.3) is 0 Å². The Hall–Kier alpha value is -2.57. The maximum absolute atomic E-state index is 12.6. The third-order valence-corrected chi connectivity index (χ3v) is 5.61. The predicted octanol–water partition coefficient (Wildman–Crippen LogP) is 4.30. The molecule has 0 saturated heterocycles. The molecule has 0 radical (unpaired) electrons. The summed E-state index contributed by atoms with van der Waals surface area (Å²) in [6, 6.07) is 7.93. The van der Waals surface area contributed by atoms with Gasteiger partial charge in [0.1, 0.15) is 16.8 Å². The number of anilines is 1. The molecule has 0 bridgehead atoms. The first-order valence-electron chi connectivity index (χ1n) is 8.68. The Kier molecular flexibility index (Phi) is 5.91. The number of benzene rings is 1. The minimum atomic E-state index is -4.80. The number of amides is 1. The molecule has 1 aliphatic heterocycles. The van der Waals surface area contributed by atoms with Crippen molar-refractivity contribution in [2.24, 2.45) is 0 Å². The lowest BCUT2D eigenvalue weighted by atomic mass is 9.96. The molecule has 2 aromatic rings. The topological polar surface area (TPSA) is 74.2 Å². The number of carbonyl (C=O) groups is 1. The highest BCUT2D eigenvalue weighted by Gasteiger charge is 2.32. The van der Waals surface area contributed by atoms with E-state index in [-0.39, 0.29) is 18.1 Å². The Morgan fingerprint density at radius 1 is 1.43 bits per heavy atom. The van der Waals surface area contributed by atoms with Crippen LogP contribution in [0.15, 0.2) is 24.3 Å². The van der Waals surface area contributed by atoms with Crippen molar-refractivity contribution < 1.29 is 22.7 Å². The van der Waals surface area contributed by atoms with Gasteiger partial charge in [0.2, 0.25) is 5.91 Å². The smallest absolute Gasteiger partial charge is 0.405 e. The number of fused-ring (bicyclic) bond motifs is 1. The SMILES string of the molecule is C[C@@H](CC(=O)Nc1sc2c(c1C#N)CCNC2)c1ccccc1OC(F)(F)F. The maximum atomic E-state index is 12.6. The van der Waals surface area contributed by atoms with Gasteiger partial charge < -0.3 is 15.4 Å². The van der Waals surface area contributed by atoms with Gasteiger partial charge in [-0.1, -0.05) is 25.1 Å². The molecule has 1 aromatic heterocycles. The zero-order valence-electron chi connectivity index (χ0n) is 15.0. The van der Waals surface area contributed by atoms with Gasteiger partial charge >= 0.3 is 6.36 Å². The van der Waals surface area contributed by atoms with E-state index in [0.29, 0.717) is 22.7 Å². The normalized spacial score (nSPS) is 14.7. The fourth-order valence-electron chi connectivity index (χ4n) is 3.21. The Bertz CT molecular complexity index is 918. The summed E-state index contributed by atoms with van der Waals surface area (Å²) in [5.41, 5.74) is 1.73. The lowest BCUT2D eigenvalue weighted by Gasteiger charge is -2.17. The van der Waals surface area contributed by atoms with Gasteiger partial charge in [0, 0.05) is 17.8 Å². The van der Waals surface area contributed by atoms with Crippen LogP contribution in [0, 0.1) is 11.3 Å². The van der Waals surface area contributed by atoms with Gasteiger partial charge in [0.05, 0.1) is 5.56 Å². The standard InChI is InChI=1S/C19H18F3N3O2S/c1-11(12-4-2-3-5-15(12)27-19(20,21)22)8-17(26)25-18-14(9-23)13-6-7-24-10-16(13)28-18/h2-5,11,24H,6-8,10H2,1H3,(H,25,26)/t11-/m0/s1. The number of para-hydroxylation sites is 1. The summed E-state index contributed by atoms with van der Waals surface area (Å²) in [6.07, 6.45) is -4.11. The van der Waals surface area contributed by atoms with Crippen molar-refractivity contribution in [2.45, 2.75) is 38.6 Å². The van der Waals surface area contributed by atoms with Crippen LogP contribution < -0.4 is 15.4 Å². The predicted molar refractivity (Wildman–Crippen MR) is 99.2 cm³/mol. The molecule has 1 aromatic carbocycles. The molecule has 1 amide bonds. The Labute approximate surface area is 164 Å². The quantitative estimate of drug-likeness (QED) is 0.772. The van der Waals surface area contributed by atoms with E-state index in [1.54, 1.807) is 13.0 Å². The minimum Gasteiger partial charge on any atom is -0.405 e. The molecular weight excluding hydrogens is 391 g/mol. The molecule has 1 aliphatic rings. The average molecular weight is 409 g/mol. The van der Waals surface area contributed by atoms with Gasteiger partial charge in [0.15, 0.2) is 0 Å². The molecule has 3 rings (SSSR count). The number of halogens is 3. The number of ether oxygens (including phenoxy) is 1. The van der Waals surface area contributed by atoms with E-state index in [1.165, 1.54) is 29.5 Å². The monoisotopic (exact) mass is 409 g/mol. The van der Waals surface area contributed by atoms with Gasteiger partial charge in [-0.05, 0) is 36.1 Å². The molecule has 5 nitrogen and oxygen atoms in total. The number of nitrogens with one attached hydrogen (secondary N) is 2. The Morgan fingerprint density at radius 2 is 2.18 bits per heavy atom. The molecule has 0 fully saturated rings. The van der Waals surface area contributed by atoms with Gasteiger partial charge in [-0.2, -0.15) is 5.26 Å². The summed E-state index contributed by atoms with van der Waals surface area (Å²) in [4.78, 5) is 13.5. The molecule has 0 saturated carbocycles. The number of carbonyl (C=O) groups excluding carboxylic acids is 1. The molecule has 0 aliphatic carbocycles. The second-order valence-corrected chi connectivity index (χ2v) is 7.59. The van der Waals surface area contributed by atoms with E-state index in [2.05, 4.69) is 21.4 Å². The van der Waals surface area contributed by atoms with Crippen LogP contribution in [0.5, 0.6) is 5.75 Å². The van der Waals surface area contributed by atoms with E-state index in [4.69, 9.17) is 0 Å². The van der Waals surface area contributed by atoms with Crippen LogP contribution in [0.25, 0.3) is 0 Å². The summed E-state index contributed by atoms with van der Waals surface area (Å²) < 4.78 is 41.8. The van der Waals surface area contributed by atoms with E-state index in [0.717, 1.165) is 23.4 Å². The van der Waals surface area contributed by atoms with Crippen LogP contribution in [0.2, 0.25) is 0 Å². The summed E-state index contributed by atoms with van der Waals surface area (Å²) in [7, 11) is 0. The van der Waals surface area contributed by atoms with Crippen LogP contribution in [-0.4, -0.2) is 18.8 Å². The van der Waals surface area contributed by atoms with Crippen molar-refractivity contribution in [3.05, 3.63) is 45.8 Å². The summed E-state index contributed by atoms with van der Waals surface area (Å²) in [5, 5.41) is 15.9. The number of thiophene rings is 1. The first-order valence-corrected chi connectivity index (χ1v) is 9.50. The van der Waals surface area contributed by atoms with Crippen molar-refractivity contribution in [3.8, 4) is 11.8 Å². The van der Waals surface area contributed by atoms with Crippen molar-refractivity contribution in [3.63, 3.8) is 0 Å². The average Bonchev–Trinajstić information content (AvgIpc) is 2.97. The second-order valence-electron chi connectivity index (χ2n) is 6.49. The molecule has 1 atom stereocenters. The van der Waals surface area contributed by atoms with E-state index < -0.39 is 12.3 Å². The Morgan fingerprint density at radius 3 is 2.89 bits per heavy atom. The molecular formula is C19H18F3N3O2S. The first kappa shape index (κ1) is 20.2.